The molecule has 5 nitrogen and oxygen atoms in total. The lowest BCUT2D eigenvalue weighted by Gasteiger charge is -2.12. The summed E-state index contributed by atoms with van der Waals surface area (Å²) in [5.74, 6) is 0. The second kappa shape index (κ2) is 7.12. The van der Waals surface area contributed by atoms with Crippen molar-refractivity contribution in [2.45, 2.75) is 31.8 Å². The van der Waals surface area contributed by atoms with E-state index in [-0.39, 0.29) is 22.5 Å². The van der Waals surface area contributed by atoms with Gasteiger partial charge in [0.2, 0.25) is 10.0 Å². The zero-order chi connectivity index (χ0) is 15.3. The second-order valence-corrected chi connectivity index (χ2v) is 6.84. The van der Waals surface area contributed by atoms with Gasteiger partial charge in [-0.3, -0.25) is 0 Å². The summed E-state index contributed by atoms with van der Waals surface area (Å²) in [5, 5.41) is 0. The summed E-state index contributed by atoms with van der Waals surface area (Å²) >= 11 is 4.87. The van der Waals surface area contributed by atoms with Crippen LogP contribution in [0, 0.1) is 6.92 Å². The monoisotopic (exact) mass is 316 g/mol. The zero-order valence-electron chi connectivity index (χ0n) is 11.8. The fourth-order valence-electron chi connectivity index (χ4n) is 1.59. The first-order valence-corrected chi connectivity index (χ1v) is 8.15. The largest absolute Gasteiger partial charge is 0.389 e. The average molecular weight is 316 g/mol. The van der Waals surface area contributed by atoms with Crippen LogP contribution in [0.1, 0.15) is 25.0 Å². The van der Waals surface area contributed by atoms with Crippen LogP contribution >= 0.6 is 12.2 Å². The molecule has 0 bridgehead atoms. The van der Waals surface area contributed by atoms with Crippen LogP contribution in [-0.2, 0) is 14.8 Å². The van der Waals surface area contributed by atoms with Gasteiger partial charge in [-0.15, -0.1) is 0 Å². The third kappa shape index (κ3) is 4.82. The molecule has 0 heterocycles. The lowest BCUT2D eigenvalue weighted by atomic mass is 10.1. The van der Waals surface area contributed by atoms with Gasteiger partial charge in [-0.1, -0.05) is 24.4 Å². The molecule has 7 heteroatoms. The number of thiocarbonyl (C=S) groups is 1. The topological polar surface area (TPSA) is 81.4 Å². The highest BCUT2D eigenvalue weighted by Gasteiger charge is 2.17. The van der Waals surface area contributed by atoms with E-state index < -0.39 is 10.0 Å². The molecule has 1 aromatic carbocycles. The maximum atomic E-state index is 12.2. The SMILES string of the molecule is Cc1ccc(C(N)=S)cc1S(=O)(=O)NCCOC(C)C. The maximum absolute atomic E-state index is 12.2. The molecule has 0 spiro atoms. The first-order valence-electron chi connectivity index (χ1n) is 6.26. The maximum Gasteiger partial charge on any atom is 0.240 e. The Balaban J connectivity index is 2.86. The molecular weight excluding hydrogens is 296 g/mol. The molecule has 1 aromatic rings. The van der Waals surface area contributed by atoms with E-state index in [2.05, 4.69) is 4.72 Å². The van der Waals surface area contributed by atoms with E-state index in [4.69, 9.17) is 22.7 Å². The average Bonchev–Trinajstić information content (AvgIpc) is 2.34. The molecule has 20 heavy (non-hydrogen) atoms. The van der Waals surface area contributed by atoms with E-state index in [0.29, 0.717) is 17.7 Å². The van der Waals surface area contributed by atoms with E-state index in [1.807, 2.05) is 13.8 Å². The van der Waals surface area contributed by atoms with E-state index in [1.54, 1.807) is 19.1 Å². The first kappa shape index (κ1) is 17.0. The van der Waals surface area contributed by atoms with Crippen LogP contribution < -0.4 is 10.5 Å². The molecule has 0 aromatic heterocycles. The van der Waals surface area contributed by atoms with Crippen molar-refractivity contribution in [1.82, 2.24) is 4.72 Å². The van der Waals surface area contributed by atoms with Gasteiger partial charge in [-0.2, -0.15) is 0 Å². The zero-order valence-corrected chi connectivity index (χ0v) is 13.5. The summed E-state index contributed by atoms with van der Waals surface area (Å²) in [5.41, 5.74) is 6.70. The molecule has 0 aliphatic rings. The fourth-order valence-corrected chi connectivity index (χ4v) is 3.00. The number of benzene rings is 1. The molecule has 0 aliphatic carbocycles. The molecule has 112 valence electrons. The fraction of sp³-hybridized carbons (Fsp3) is 0.462. The molecule has 0 fully saturated rings. The van der Waals surface area contributed by atoms with Gasteiger partial charge in [0.05, 0.1) is 17.6 Å². The summed E-state index contributed by atoms with van der Waals surface area (Å²) < 4.78 is 32.2. The molecule has 0 saturated heterocycles. The molecule has 0 saturated carbocycles. The van der Waals surface area contributed by atoms with Crippen molar-refractivity contribution in [1.29, 1.82) is 0 Å². The van der Waals surface area contributed by atoms with Crippen molar-refractivity contribution in [3.05, 3.63) is 29.3 Å². The Bertz CT molecular complexity index is 583. The van der Waals surface area contributed by atoms with Crippen LogP contribution in [0.5, 0.6) is 0 Å². The van der Waals surface area contributed by atoms with Crippen LogP contribution in [0.25, 0.3) is 0 Å². The summed E-state index contributed by atoms with van der Waals surface area (Å²) in [6.45, 7) is 6.05. The molecule has 0 amide bonds. The van der Waals surface area contributed by atoms with Gasteiger partial charge in [-0.05, 0) is 32.4 Å². The predicted molar refractivity (Wildman–Crippen MR) is 83.3 cm³/mol. The predicted octanol–water partition coefficient (Wildman–Crippen LogP) is 1.33. The minimum Gasteiger partial charge on any atom is -0.389 e. The van der Waals surface area contributed by atoms with Crippen molar-refractivity contribution >= 4 is 27.2 Å². The van der Waals surface area contributed by atoms with Crippen molar-refractivity contribution in [3.8, 4) is 0 Å². The molecule has 0 aliphatic heterocycles. The Kier molecular flexibility index (Phi) is 6.07. The molecule has 3 N–H and O–H groups in total. The highest BCUT2D eigenvalue weighted by Crippen LogP contribution is 2.16. The van der Waals surface area contributed by atoms with Crippen LogP contribution in [0.4, 0.5) is 0 Å². The molecule has 0 unspecified atom stereocenters. The van der Waals surface area contributed by atoms with Crippen LogP contribution in [0.15, 0.2) is 23.1 Å². The van der Waals surface area contributed by atoms with Gasteiger partial charge in [-0.25, -0.2) is 13.1 Å². The minimum absolute atomic E-state index is 0.0687. The van der Waals surface area contributed by atoms with E-state index >= 15 is 0 Å². The van der Waals surface area contributed by atoms with Crippen molar-refractivity contribution in [2.75, 3.05) is 13.2 Å². The number of rotatable bonds is 7. The van der Waals surface area contributed by atoms with Gasteiger partial charge >= 0.3 is 0 Å². The Labute approximate surface area is 125 Å². The van der Waals surface area contributed by atoms with Crippen molar-refractivity contribution in [2.24, 2.45) is 5.73 Å². The first-order chi connectivity index (χ1) is 9.24. The Hall–Kier alpha value is -1.02. The molecule has 0 radical (unpaired) electrons. The molecule has 1 rings (SSSR count). The number of aryl methyl sites for hydroxylation is 1. The number of hydrogen-bond donors (Lipinski definition) is 2. The summed E-state index contributed by atoms with van der Waals surface area (Å²) in [4.78, 5) is 0.358. The van der Waals surface area contributed by atoms with Crippen LogP contribution in [-0.4, -0.2) is 32.7 Å². The van der Waals surface area contributed by atoms with Crippen LogP contribution in [0.3, 0.4) is 0 Å². The summed E-state index contributed by atoms with van der Waals surface area (Å²) in [6, 6.07) is 4.88. The third-order valence-electron chi connectivity index (χ3n) is 2.61. The summed E-state index contributed by atoms with van der Waals surface area (Å²) in [6.07, 6.45) is 0.0687. The van der Waals surface area contributed by atoms with Gasteiger partial charge in [0, 0.05) is 12.1 Å². The Morgan fingerprint density at radius 1 is 1.45 bits per heavy atom. The van der Waals surface area contributed by atoms with Gasteiger partial charge in [0.1, 0.15) is 4.99 Å². The van der Waals surface area contributed by atoms with E-state index in [1.165, 1.54) is 6.07 Å². The quantitative estimate of drug-likeness (QED) is 0.586. The molecular formula is C13H20N2O3S2. The molecule has 0 atom stereocenters. The van der Waals surface area contributed by atoms with Crippen LogP contribution in [0.2, 0.25) is 0 Å². The Morgan fingerprint density at radius 3 is 2.65 bits per heavy atom. The summed E-state index contributed by atoms with van der Waals surface area (Å²) in [7, 11) is -3.59. The number of ether oxygens (including phenoxy) is 1. The normalized spacial score (nSPS) is 11.8. The number of hydrogen-bond acceptors (Lipinski definition) is 4. The lowest BCUT2D eigenvalue weighted by molar-refractivity contribution is 0.0834. The second-order valence-electron chi connectivity index (χ2n) is 4.66. The lowest BCUT2D eigenvalue weighted by Crippen LogP contribution is -2.29. The van der Waals surface area contributed by atoms with E-state index in [9.17, 15) is 8.42 Å². The smallest absolute Gasteiger partial charge is 0.240 e. The number of nitrogens with one attached hydrogen (secondary N) is 1. The van der Waals surface area contributed by atoms with Gasteiger partial charge in [0.25, 0.3) is 0 Å². The Morgan fingerprint density at radius 2 is 2.10 bits per heavy atom. The number of sulfonamides is 1. The van der Waals surface area contributed by atoms with Crippen molar-refractivity contribution in [3.63, 3.8) is 0 Å². The highest BCUT2D eigenvalue weighted by molar-refractivity contribution is 7.89. The van der Waals surface area contributed by atoms with Gasteiger partial charge < -0.3 is 10.5 Å². The van der Waals surface area contributed by atoms with Crippen molar-refractivity contribution < 1.29 is 13.2 Å². The third-order valence-corrected chi connectivity index (χ3v) is 4.45. The highest BCUT2D eigenvalue weighted by atomic mass is 32.2. The van der Waals surface area contributed by atoms with Gasteiger partial charge in [0.15, 0.2) is 0 Å². The number of nitrogens with two attached hydrogens (primary N) is 1. The standard InChI is InChI=1S/C13H20N2O3S2/c1-9(2)18-7-6-15-20(16,17)12-8-11(13(14)19)5-4-10(12)3/h4-5,8-9,15H,6-7H2,1-3H3,(H2,14,19). The van der Waals surface area contributed by atoms with E-state index in [0.717, 1.165) is 0 Å². The minimum atomic E-state index is -3.59.